The molecule has 0 heterocycles. The Balaban J connectivity index is 3.12. The lowest BCUT2D eigenvalue weighted by molar-refractivity contribution is -0.123. The van der Waals surface area contributed by atoms with Crippen LogP contribution in [-0.4, -0.2) is 31.7 Å². The summed E-state index contributed by atoms with van der Waals surface area (Å²) in [5.74, 6) is 0. The van der Waals surface area contributed by atoms with Gasteiger partial charge in [0.15, 0.2) is 16.1 Å². The minimum atomic E-state index is -3.38. The van der Waals surface area contributed by atoms with Gasteiger partial charge in [-0.3, -0.25) is 0 Å². The maximum absolute atomic E-state index is 11.7. The number of hydrogen-bond acceptors (Lipinski definition) is 4. The van der Waals surface area contributed by atoms with E-state index >= 15 is 0 Å². The normalized spacial score (nSPS) is 17.1. The zero-order valence-corrected chi connectivity index (χ0v) is 10.6. The Morgan fingerprint density at radius 1 is 1.35 bits per heavy atom. The van der Waals surface area contributed by atoms with Crippen molar-refractivity contribution in [3.8, 4) is 0 Å². The average Bonchev–Trinajstić information content (AvgIpc) is 2.26. The van der Waals surface area contributed by atoms with Gasteiger partial charge in [-0.05, 0) is 12.5 Å². The standard InChI is InChI=1S/C12H16O4S/c1-12(14,9-13)8-11(17(2,15)16)10-6-4-3-5-7-10/h3-7,9,11,14H,8H2,1-2H3/t11?,12-/m1/s1. The average molecular weight is 256 g/mol. The topological polar surface area (TPSA) is 71.4 Å². The minimum Gasteiger partial charge on any atom is -0.383 e. The quantitative estimate of drug-likeness (QED) is 0.801. The molecule has 1 N–H and O–H groups in total. The summed E-state index contributed by atoms with van der Waals surface area (Å²) in [7, 11) is -3.38. The van der Waals surface area contributed by atoms with Crippen molar-refractivity contribution >= 4 is 16.1 Å². The van der Waals surface area contributed by atoms with Crippen molar-refractivity contribution in [2.45, 2.75) is 24.2 Å². The predicted octanol–water partition coefficient (Wildman–Crippen LogP) is 1.11. The molecule has 0 amide bonds. The maximum Gasteiger partial charge on any atom is 0.154 e. The van der Waals surface area contributed by atoms with Crippen LogP contribution >= 0.6 is 0 Å². The summed E-state index contributed by atoms with van der Waals surface area (Å²) in [6.45, 7) is 1.31. The SMILES string of the molecule is C[C@](O)(C=O)CC(c1ccccc1)S(C)(=O)=O. The van der Waals surface area contributed by atoms with Crippen molar-refractivity contribution < 1.29 is 18.3 Å². The van der Waals surface area contributed by atoms with Gasteiger partial charge < -0.3 is 9.90 Å². The van der Waals surface area contributed by atoms with Crippen molar-refractivity contribution in [3.05, 3.63) is 35.9 Å². The minimum absolute atomic E-state index is 0.140. The van der Waals surface area contributed by atoms with Gasteiger partial charge in [0.25, 0.3) is 0 Å². The second kappa shape index (κ2) is 4.98. The molecule has 4 nitrogen and oxygen atoms in total. The van der Waals surface area contributed by atoms with Crippen LogP contribution in [0.15, 0.2) is 30.3 Å². The first-order valence-electron chi connectivity index (χ1n) is 5.19. The molecule has 17 heavy (non-hydrogen) atoms. The van der Waals surface area contributed by atoms with Crippen LogP contribution in [0.25, 0.3) is 0 Å². The van der Waals surface area contributed by atoms with Crippen molar-refractivity contribution in [1.82, 2.24) is 0 Å². The van der Waals surface area contributed by atoms with Crippen LogP contribution < -0.4 is 0 Å². The molecule has 0 fully saturated rings. The molecule has 0 aliphatic rings. The number of carbonyl (C=O) groups excluding carboxylic acids is 1. The van der Waals surface area contributed by atoms with Gasteiger partial charge in [-0.2, -0.15) is 0 Å². The van der Waals surface area contributed by atoms with Crippen molar-refractivity contribution in [1.29, 1.82) is 0 Å². The zero-order valence-electron chi connectivity index (χ0n) is 9.83. The summed E-state index contributed by atoms with van der Waals surface area (Å²) in [4.78, 5) is 10.7. The number of sulfone groups is 1. The fourth-order valence-corrected chi connectivity index (χ4v) is 2.90. The highest BCUT2D eigenvalue weighted by atomic mass is 32.2. The van der Waals surface area contributed by atoms with Gasteiger partial charge in [0.1, 0.15) is 5.60 Å². The first-order chi connectivity index (χ1) is 7.76. The number of hydrogen-bond donors (Lipinski definition) is 1. The number of benzene rings is 1. The first-order valence-corrected chi connectivity index (χ1v) is 7.14. The molecule has 0 aromatic heterocycles. The fourth-order valence-electron chi connectivity index (χ4n) is 1.61. The van der Waals surface area contributed by atoms with Gasteiger partial charge in [0.05, 0.1) is 5.25 Å². The van der Waals surface area contributed by atoms with Crippen LogP contribution in [0.5, 0.6) is 0 Å². The summed E-state index contributed by atoms with van der Waals surface area (Å²) >= 11 is 0. The molecule has 0 saturated carbocycles. The molecule has 0 radical (unpaired) electrons. The summed E-state index contributed by atoms with van der Waals surface area (Å²) < 4.78 is 23.4. The van der Waals surface area contributed by atoms with Crippen LogP contribution in [0.2, 0.25) is 0 Å². The second-order valence-electron chi connectivity index (χ2n) is 4.41. The highest BCUT2D eigenvalue weighted by molar-refractivity contribution is 7.90. The zero-order chi connectivity index (χ0) is 13.1. The molecule has 5 heteroatoms. The molecule has 1 unspecified atom stereocenters. The van der Waals surface area contributed by atoms with E-state index in [0.29, 0.717) is 11.8 Å². The molecule has 2 atom stereocenters. The van der Waals surface area contributed by atoms with E-state index in [1.54, 1.807) is 30.3 Å². The van der Waals surface area contributed by atoms with E-state index in [4.69, 9.17) is 0 Å². The Labute approximate surface area is 101 Å². The Morgan fingerprint density at radius 2 is 1.88 bits per heavy atom. The summed E-state index contributed by atoms with van der Waals surface area (Å²) in [6.07, 6.45) is 1.33. The smallest absolute Gasteiger partial charge is 0.154 e. The molecule has 1 aromatic rings. The van der Waals surface area contributed by atoms with Gasteiger partial charge in [0.2, 0.25) is 0 Å². The van der Waals surface area contributed by atoms with E-state index in [2.05, 4.69) is 0 Å². The van der Waals surface area contributed by atoms with Crippen molar-refractivity contribution in [2.75, 3.05) is 6.26 Å². The van der Waals surface area contributed by atoms with Crippen molar-refractivity contribution in [3.63, 3.8) is 0 Å². The largest absolute Gasteiger partial charge is 0.383 e. The number of aliphatic hydroxyl groups is 1. The van der Waals surface area contributed by atoms with Gasteiger partial charge in [-0.15, -0.1) is 0 Å². The molecule has 0 spiro atoms. The van der Waals surface area contributed by atoms with E-state index in [1.807, 2.05) is 0 Å². The lowest BCUT2D eigenvalue weighted by Crippen LogP contribution is -2.31. The lowest BCUT2D eigenvalue weighted by Gasteiger charge is -2.22. The summed E-state index contributed by atoms with van der Waals surface area (Å²) in [5.41, 5.74) is -1.05. The molecule has 1 rings (SSSR count). The van der Waals surface area contributed by atoms with E-state index in [-0.39, 0.29) is 6.42 Å². The van der Waals surface area contributed by atoms with E-state index in [0.717, 1.165) is 6.26 Å². The Hall–Kier alpha value is -1.20. The third kappa shape index (κ3) is 3.94. The van der Waals surface area contributed by atoms with Crippen LogP contribution in [-0.2, 0) is 14.6 Å². The molecular formula is C12H16O4S. The van der Waals surface area contributed by atoms with E-state index < -0.39 is 20.7 Å². The monoisotopic (exact) mass is 256 g/mol. The highest BCUT2D eigenvalue weighted by Crippen LogP contribution is 2.29. The van der Waals surface area contributed by atoms with E-state index in [1.165, 1.54) is 6.92 Å². The van der Waals surface area contributed by atoms with Crippen LogP contribution in [0.1, 0.15) is 24.2 Å². The third-order valence-electron chi connectivity index (χ3n) is 2.54. The maximum atomic E-state index is 11.7. The molecule has 0 saturated heterocycles. The Morgan fingerprint density at radius 3 is 2.29 bits per heavy atom. The molecule has 0 aliphatic carbocycles. The molecular weight excluding hydrogens is 240 g/mol. The Kier molecular flexibility index (Phi) is 4.06. The number of rotatable bonds is 5. The van der Waals surface area contributed by atoms with Gasteiger partial charge >= 0.3 is 0 Å². The molecule has 0 aliphatic heterocycles. The number of aldehydes is 1. The third-order valence-corrected chi connectivity index (χ3v) is 4.01. The van der Waals surface area contributed by atoms with Crippen LogP contribution in [0.4, 0.5) is 0 Å². The highest BCUT2D eigenvalue weighted by Gasteiger charge is 2.31. The Bertz CT molecular complexity index is 476. The molecule has 94 valence electrons. The van der Waals surface area contributed by atoms with Crippen LogP contribution in [0.3, 0.4) is 0 Å². The van der Waals surface area contributed by atoms with E-state index in [9.17, 15) is 18.3 Å². The fraction of sp³-hybridized carbons (Fsp3) is 0.417. The van der Waals surface area contributed by atoms with Gasteiger partial charge in [-0.1, -0.05) is 30.3 Å². The summed E-state index contributed by atoms with van der Waals surface area (Å²) in [6, 6.07) is 8.58. The van der Waals surface area contributed by atoms with Gasteiger partial charge in [-0.25, -0.2) is 8.42 Å². The predicted molar refractivity (Wildman–Crippen MR) is 65.3 cm³/mol. The second-order valence-corrected chi connectivity index (χ2v) is 6.64. The van der Waals surface area contributed by atoms with Crippen LogP contribution in [0, 0.1) is 0 Å². The molecule has 0 bridgehead atoms. The lowest BCUT2D eigenvalue weighted by atomic mass is 9.98. The van der Waals surface area contributed by atoms with Gasteiger partial charge in [0, 0.05) is 12.7 Å². The van der Waals surface area contributed by atoms with Crippen molar-refractivity contribution in [2.24, 2.45) is 0 Å². The first kappa shape index (κ1) is 13.9. The summed E-state index contributed by atoms with van der Waals surface area (Å²) in [5, 5.41) is 8.81. The number of carbonyl (C=O) groups is 1. The molecule has 1 aromatic carbocycles.